The number of carbonyl (C=O) groups excluding carboxylic acids is 2. The summed E-state index contributed by atoms with van der Waals surface area (Å²) in [5.41, 5.74) is 0.682. The van der Waals surface area contributed by atoms with Crippen LogP contribution in [0.15, 0.2) is 36.1 Å². The van der Waals surface area contributed by atoms with Crippen LogP contribution in [0.1, 0.15) is 26.3 Å². The van der Waals surface area contributed by atoms with E-state index in [2.05, 4.69) is 0 Å². The van der Waals surface area contributed by atoms with Gasteiger partial charge in [0, 0.05) is 19.4 Å². The van der Waals surface area contributed by atoms with Crippen molar-refractivity contribution in [2.75, 3.05) is 0 Å². The van der Waals surface area contributed by atoms with Gasteiger partial charge in [-0.1, -0.05) is 30.3 Å². The van der Waals surface area contributed by atoms with E-state index in [-0.39, 0.29) is 11.5 Å². The third-order valence-electron chi connectivity index (χ3n) is 1.90. The first-order valence-electron chi connectivity index (χ1n) is 5.14. The Hall–Kier alpha value is -2.10. The summed E-state index contributed by atoms with van der Waals surface area (Å²) >= 11 is 0. The second-order valence-electron chi connectivity index (χ2n) is 3.44. The van der Waals surface area contributed by atoms with Crippen molar-refractivity contribution in [3.8, 4) is 0 Å². The summed E-state index contributed by atoms with van der Waals surface area (Å²) in [5.74, 6) is -0.398. The zero-order chi connectivity index (χ0) is 12.8. The van der Waals surface area contributed by atoms with Gasteiger partial charge >= 0.3 is 11.9 Å². The fourth-order valence-electron chi connectivity index (χ4n) is 1.33. The summed E-state index contributed by atoms with van der Waals surface area (Å²) in [6, 6.07) is 8.99. The molecule has 0 aliphatic carbocycles. The predicted molar refractivity (Wildman–Crippen MR) is 62.6 cm³/mol. The topological polar surface area (TPSA) is 52.6 Å². The van der Waals surface area contributed by atoms with Crippen LogP contribution in [0.4, 0.5) is 0 Å². The molecule has 0 atom stereocenters. The monoisotopic (exact) mass is 234 g/mol. The molecule has 90 valence electrons. The van der Waals surface area contributed by atoms with E-state index in [4.69, 9.17) is 9.47 Å². The van der Waals surface area contributed by atoms with Gasteiger partial charge in [-0.05, 0) is 6.92 Å². The number of benzene rings is 1. The van der Waals surface area contributed by atoms with Gasteiger partial charge < -0.3 is 9.47 Å². The number of carbonyl (C=O) groups is 2. The Bertz CT molecular complexity index is 446. The lowest BCUT2D eigenvalue weighted by Gasteiger charge is -2.11. The lowest BCUT2D eigenvalue weighted by atomic mass is 10.2. The van der Waals surface area contributed by atoms with E-state index in [0.717, 1.165) is 0 Å². The molecule has 17 heavy (non-hydrogen) atoms. The third kappa shape index (κ3) is 4.10. The molecule has 0 aliphatic heterocycles. The minimum absolute atomic E-state index is 0.258. The minimum Gasteiger partial charge on any atom is -0.428 e. The van der Waals surface area contributed by atoms with Crippen molar-refractivity contribution in [3.63, 3.8) is 0 Å². The molecule has 0 bridgehead atoms. The second kappa shape index (κ2) is 5.84. The predicted octanol–water partition coefficient (Wildman–Crippen LogP) is 2.50. The van der Waals surface area contributed by atoms with Crippen LogP contribution in [0.3, 0.4) is 0 Å². The van der Waals surface area contributed by atoms with Crippen LogP contribution in [-0.4, -0.2) is 11.9 Å². The number of esters is 2. The number of hydrogen-bond donors (Lipinski definition) is 0. The normalized spacial score (nSPS) is 11.5. The Balaban J connectivity index is 3.11. The molecule has 1 rings (SSSR count). The molecule has 1 aromatic rings. The quantitative estimate of drug-likeness (QED) is 0.595. The fourth-order valence-corrected chi connectivity index (χ4v) is 1.33. The molecule has 1 aromatic carbocycles. The van der Waals surface area contributed by atoms with Crippen LogP contribution < -0.4 is 0 Å². The van der Waals surface area contributed by atoms with Gasteiger partial charge in [0.1, 0.15) is 5.76 Å². The average molecular weight is 234 g/mol. The van der Waals surface area contributed by atoms with Crippen LogP contribution in [0.2, 0.25) is 0 Å². The number of allylic oxidation sites excluding steroid dienone is 1. The molecule has 0 saturated heterocycles. The highest BCUT2D eigenvalue weighted by Gasteiger charge is 2.12. The third-order valence-corrected chi connectivity index (χ3v) is 1.90. The van der Waals surface area contributed by atoms with Gasteiger partial charge in [0.15, 0.2) is 5.76 Å². The van der Waals surface area contributed by atoms with Gasteiger partial charge in [-0.15, -0.1) is 0 Å². The minimum atomic E-state index is -0.463. The molecule has 0 aromatic heterocycles. The van der Waals surface area contributed by atoms with E-state index in [0.29, 0.717) is 5.56 Å². The molecule has 0 spiro atoms. The molecule has 4 heteroatoms. The Morgan fingerprint density at radius 3 is 1.88 bits per heavy atom. The summed E-state index contributed by atoms with van der Waals surface area (Å²) in [7, 11) is 0. The van der Waals surface area contributed by atoms with Crippen molar-refractivity contribution in [2.45, 2.75) is 20.8 Å². The van der Waals surface area contributed by atoms with E-state index in [1.807, 2.05) is 6.07 Å². The number of rotatable bonds is 3. The summed E-state index contributed by atoms with van der Waals surface area (Å²) in [5, 5.41) is 0. The zero-order valence-corrected chi connectivity index (χ0v) is 10.0. The summed E-state index contributed by atoms with van der Waals surface area (Å²) < 4.78 is 9.99. The lowest BCUT2D eigenvalue weighted by molar-refractivity contribution is -0.138. The number of ether oxygens (including phenoxy) is 2. The van der Waals surface area contributed by atoms with Crippen molar-refractivity contribution in [1.29, 1.82) is 0 Å². The standard InChI is InChI=1S/C13H14O4/c1-9(16-10(2)14)13(17-11(3)15)12-7-5-4-6-8-12/h4-8H,1-3H3/b13-9-. The van der Waals surface area contributed by atoms with Crippen molar-refractivity contribution in [3.05, 3.63) is 41.7 Å². The highest BCUT2D eigenvalue weighted by molar-refractivity contribution is 5.78. The van der Waals surface area contributed by atoms with Gasteiger partial charge in [0.25, 0.3) is 0 Å². The maximum atomic E-state index is 11.0. The van der Waals surface area contributed by atoms with Crippen molar-refractivity contribution in [2.24, 2.45) is 0 Å². The van der Waals surface area contributed by atoms with Crippen molar-refractivity contribution < 1.29 is 19.1 Å². The van der Waals surface area contributed by atoms with Crippen LogP contribution in [0, 0.1) is 0 Å². The molecular formula is C13H14O4. The Morgan fingerprint density at radius 2 is 1.41 bits per heavy atom. The second-order valence-corrected chi connectivity index (χ2v) is 3.44. The molecule has 0 amide bonds. The first kappa shape index (κ1) is 13.0. The van der Waals surface area contributed by atoms with E-state index < -0.39 is 11.9 Å². The summed E-state index contributed by atoms with van der Waals surface area (Å²) in [6.07, 6.45) is 0. The molecule has 0 aliphatic rings. The van der Waals surface area contributed by atoms with Gasteiger partial charge in [0.05, 0.1) is 0 Å². The van der Waals surface area contributed by atoms with Gasteiger partial charge in [-0.3, -0.25) is 9.59 Å². The van der Waals surface area contributed by atoms with E-state index in [1.165, 1.54) is 13.8 Å². The van der Waals surface area contributed by atoms with Crippen LogP contribution in [0.5, 0.6) is 0 Å². The first-order chi connectivity index (χ1) is 8.00. The maximum Gasteiger partial charge on any atom is 0.308 e. The lowest BCUT2D eigenvalue weighted by Crippen LogP contribution is -2.05. The Morgan fingerprint density at radius 1 is 0.882 bits per heavy atom. The van der Waals surface area contributed by atoms with Crippen LogP contribution in [-0.2, 0) is 19.1 Å². The molecule has 0 N–H and O–H groups in total. The van der Waals surface area contributed by atoms with E-state index >= 15 is 0 Å². The van der Waals surface area contributed by atoms with Gasteiger partial charge in [0.2, 0.25) is 0 Å². The van der Waals surface area contributed by atoms with E-state index in [1.54, 1.807) is 31.2 Å². The largest absolute Gasteiger partial charge is 0.428 e. The molecule has 0 heterocycles. The maximum absolute atomic E-state index is 11.0. The molecular weight excluding hydrogens is 220 g/mol. The average Bonchev–Trinajstić information content (AvgIpc) is 2.25. The van der Waals surface area contributed by atoms with Crippen LogP contribution >= 0.6 is 0 Å². The first-order valence-corrected chi connectivity index (χ1v) is 5.14. The van der Waals surface area contributed by atoms with Gasteiger partial charge in [-0.2, -0.15) is 0 Å². The summed E-state index contributed by atoms with van der Waals surface area (Å²) in [6.45, 7) is 4.16. The SMILES string of the molecule is CC(=O)O/C(C)=C(\OC(C)=O)c1ccccc1. The molecule has 0 fully saturated rings. The molecule has 0 saturated carbocycles. The van der Waals surface area contributed by atoms with Crippen LogP contribution in [0.25, 0.3) is 5.76 Å². The highest BCUT2D eigenvalue weighted by atomic mass is 16.6. The molecule has 4 nitrogen and oxygen atoms in total. The molecule has 0 radical (unpaired) electrons. The smallest absolute Gasteiger partial charge is 0.308 e. The molecule has 0 unspecified atom stereocenters. The van der Waals surface area contributed by atoms with Crippen molar-refractivity contribution >= 4 is 17.7 Å². The zero-order valence-electron chi connectivity index (χ0n) is 10.0. The van der Waals surface area contributed by atoms with E-state index in [9.17, 15) is 9.59 Å². The van der Waals surface area contributed by atoms with Gasteiger partial charge in [-0.25, -0.2) is 0 Å². The number of hydrogen-bond acceptors (Lipinski definition) is 4. The fraction of sp³-hybridized carbons (Fsp3) is 0.231. The summed E-state index contributed by atoms with van der Waals surface area (Å²) in [4.78, 5) is 21.9. The van der Waals surface area contributed by atoms with Crippen molar-refractivity contribution in [1.82, 2.24) is 0 Å². The Kier molecular flexibility index (Phi) is 4.46. The highest BCUT2D eigenvalue weighted by Crippen LogP contribution is 2.21. The Labute approximate surface area is 99.8 Å².